The average molecular weight is 461 g/mol. The Morgan fingerprint density at radius 3 is 2.27 bits per heavy atom. The minimum atomic E-state index is -1.41. The Bertz CT molecular complexity index is 1300. The minimum absolute atomic E-state index is 0.138. The molecule has 33 heavy (non-hydrogen) atoms. The van der Waals surface area contributed by atoms with Gasteiger partial charge in [-0.05, 0) is 41.5 Å². The van der Waals surface area contributed by atoms with Crippen LogP contribution in [0.5, 0.6) is 0 Å². The second kappa shape index (κ2) is 9.71. The Morgan fingerprint density at radius 1 is 0.909 bits per heavy atom. The van der Waals surface area contributed by atoms with Gasteiger partial charge in [0.1, 0.15) is 5.92 Å². The number of hydrogen-bond acceptors (Lipinski definition) is 3. The van der Waals surface area contributed by atoms with Gasteiger partial charge in [0, 0.05) is 34.1 Å². The van der Waals surface area contributed by atoms with Crippen LogP contribution >= 0.6 is 11.6 Å². The summed E-state index contributed by atoms with van der Waals surface area (Å²) in [6, 6.07) is 21.1. The maximum atomic E-state index is 13.5. The zero-order valence-electron chi connectivity index (χ0n) is 17.5. The number of aliphatic carboxylic acids is 1. The molecule has 1 unspecified atom stereocenters. The van der Waals surface area contributed by atoms with E-state index in [4.69, 9.17) is 11.6 Å². The lowest BCUT2D eigenvalue weighted by atomic mass is 9.88. The average Bonchev–Trinajstić information content (AvgIpc) is 3.22. The number of H-pyrrole nitrogens is 1. The van der Waals surface area contributed by atoms with E-state index in [0.29, 0.717) is 16.1 Å². The van der Waals surface area contributed by atoms with Crippen molar-refractivity contribution in [2.75, 3.05) is 0 Å². The van der Waals surface area contributed by atoms with Crippen molar-refractivity contribution in [1.82, 2.24) is 10.3 Å². The van der Waals surface area contributed by atoms with E-state index in [2.05, 4.69) is 10.3 Å². The third-order valence-electron chi connectivity index (χ3n) is 5.52. The predicted octanol–water partition coefficient (Wildman–Crippen LogP) is 4.60. The summed E-state index contributed by atoms with van der Waals surface area (Å²) in [5.41, 5.74) is 2.38. The number of carbonyl (C=O) groups is 3. The molecule has 6 nitrogen and oxygen atoms in total. The third-order valence-corrected chi connectivity index (χ3v) is 5.77. The number of rotatable bonds is 8. The molecule has 0 spiro atoms. The molecular formula is C26H21ClN2O4. The Morgan fingerprint density at radius 2 is 1.58 bits per heavy atom. The molecule has 166 valence electrons. The van der Waals surface area contributed by atoms with Gasteiger partial charge < -0.3 is 15.4 Å². The first-order chi connectivity index (χ1) is 15.9. The number of hydrogen-bond donors (Lipinski definition) is 3. The monoisotopic (exact) mass is 460 g/mol. The quantitative estimate of drug-likeness (QED) is 0.334. The molecule has 0 aliphatic carbocycles. The third kappa shape index (κ3) is 4.96. The summed E-state index contributed by atoms with van der Waals surface area (Å²) >= 11 is 5.91. The zero-order valence-corrected chi connectivity index (χ0v) is 18.3. The van der Waals surface area contributed by atoms with Gasteiger partial charge in [-0.2, -0.15) is 0 Å². The minimum Gasteiger partial charge on any atom is -0.480 e. The molecule has 2 atom stereocenters. The number of nitrogens with one attached hydrogen (secondary N) is 2. The van der Waals surface area contributed by atoms with Gasteiger partial charge in [0.2, 0.25) is 0 Å². The molecule has 0 aliphatic heterocycles. The summed E-state index contributed by atoms with van der Waals surface area (Å²) in [6.07, 6.45) is 1.91. The molecule has 3 N–H and O–H groups in total. The molecule has 0 saturated carbocycles. The molecular weight excluding hydrogens is 440 g/mol. The van der Waals surface area contributed by atoms with Crippen LogP contribution in [0.2, 0.25) is 5.02 Å². The van der Waals surface area contributed by atoms with Gasteiger partial charge in [-0.3, -0.25) is 14.4 Å². The fourth-order valence-corrected chi connectivity index (χ4v) is 3.99. The summed E-state index contributed by atoms with van der Waals surface area (Å²) in [4.78, 5) is 41.7. The number of aromatic amines is 1. The van der Waals surface area contributed by atoms with Gasteiger partial charge in [-0.15, -0.1) is 0 Å². The topological polar surface area (TPSA) is 99.3 Å². The summed E-state index contributed by atoms with van der Waals surface area (Å²) in [7, 11) is 0. The SMILES string of the molecule is O=C(N[C@@H](Cc1c[nH]c2ccccc12)C(=O)C(C(=O)O)c1ccccc1)c1ccc(Cl)cc1. The number of fused-ring (bicyclic) bond motifs is 1. The van der Waals surface area contributed by atoms with Crippen molar-refractivity contribution in [2.24, 2.45) is 0 Å². The molecule has 0 fully saturated rings. The highest BCUT2D eigenvalue weighted by atomic mass is 35.5. The number of aromatic nitrogens is 1. The smallest absolute Gasteiger partial charge is 0.318 e. The summed E-state index contributed by atoms with van der Waals surface area (Å²) < 4.78 is 0. The molecule has 1 amide bonds. The van der Waals surface area contributed by atoms with Crippen LogP contribution in [-0.4, -0.2) is 33.8 Å². The van der Waals surface area contributed by atoms with Crippen LogP contribution in [0.1, 0.15) is 27.4 Å². The Kier molecular flexibility index (Phi) is 6.56. The van der Waals surface area contributed by atoms with Gasteiger partial charge >= 0.3 is 5.97 Å². The van der Waals surface area contributed by atoms with E-state index in [9.17, 15) is 19.5 Å². The van der Waals surface area contributed by atoms with Gasteiger partial charge in [0.25, 0.3) is 5.91 Å². The lowest BCUT2D eigenvalue weighted by molar-refractivity contribution is -0.143. The molecule has 7 heteroatoms. The number of amides is 1. The molecule has 4 rings (SSSR count). The van der Waals surface area contributed by atoms with Crippen LogP contribution in [0.15, 0.2) is 85.1 Å². The lowest BCUT2D eigenvalue weighted by Gasteiger charge is -2.22. The van der Waals surface area contributed by atoms with E-state index in [1.54, 1.807) is 60.8 Å². The lowest BCUT2D eigenvalue weighted by Crippen LogP contribution is -2.46. The summed E-state index contributed by atoms with van der Waals surface area (Å²) in [5, 5.41) is 14.0. The van der Waals surface area contributed by atoms with Crippen molar-refractivity contribution in [2.45, 2.75) is 18.4 Å². The molecule has 3 aromatic carbocycles. The molecule has 1 heterocycles. The van der Waals surface area contributed by atoms with E-state index < -0.39 is 29.6 Å². The van der Waals surface area contributed by atoms with Crippen LogP contribution in [0.4, 0.5) is 0 Å². The van der Waals surface area contributed by atoms with Gasteiger partial charge in [-0.25, -0.2) is 0 Å². The van der Waals surface area contributed by atoms with Crippen LogP contribution in [0.25, 0.3) is 10.9 Å². The second-order valence-electron chi connectivity index (χ2n) is 7.68. The number of halogens is 1. The number of carbonyl (C=O) groups excluding carboxylic acids is 2. The largest absolute Gasteiger partial charge is 0.480 e. The number of para-hydroxylation sites is 1. The number of ketones is 1. The van der Waals surface area contributed by atoms with Gasteiger partial charge in [0.05, 0.1) is 6.04 Å². The van der Waals surface area contributed by atoms with Gasteiger partial charge in [-0.1, -0.05) is 60.1 Å². The Labute approximate surface area is 195 Å². The zero-order chi connectivity index (χ0) is 23.4. The van der Waals surface area contributed by atoms with E-state index in [1.165, 1.54) is 0 Å². The first kappa shape index (κ1) is 22.3. The second-order valence-corrected chi connectivity index (χ2v) is 8.12. The van der Waals surface area contributed by atoms with E-state index in [1.807, 2.05) is 24.3 Å². The molecule has 0 radical (unpaired) electrons. The van der Waals surface area contributed by atoms with Crippen LogP contribution in [0.3, 0.4) is 0 Å². The van der Waals surface area contributed by atoms with E-state index in [0.717, 1.165) is 16.5 Å². The van der Waals surface area contributed by atoms with Crippen molar-refractivity contribution < 1.29 is 19.5 Å². The fraction of sp³-hybridized carbons (Fsp3) is 0.115. The van der Waals surface area contributed by atoms with E-state index in [-0.39, 0.29) is 6.42 Å². The highest BCUT2D eigenvalue weighted by Gasteiger charge is 2.35. The standard InChI is InChI=1S/C26H21ClN2O4/c27-19-12-10-17(11-13-19)25(31)29-22(14-18-15-28-21-9-5-4-8-20(18)21)24(30)23(26(32)33)16-6-2-1-3-7-16/h1-13,15,22-23,28H,14H2,(H,29,31)(H,32,33)/t22-,23?/m0/s1. The summed E-state index contributed by atoms with van der Waals surface area (Å²) in [6.45, 7) is 0. The number of Topliss-reactive ketones (excluding diaryl/α,β-unsaturated/α-hetero) is 1. The van der Waals surface area contributed by atoms with Gasteiger partial charge in [0.15, 0.2) is 5.78 Å². The molecule has 0 aliphatic rings. The first-order valence-electron chi connectivity index (χ1n) is 10.4. The highest BCUT2D eigenvalue weighted by molar-refractivity contribution is 6.30. The maximum Gasteiger partial charge on any atom is 0.318 e. The summed E-state index contributed by atoms with van der Waals surface area (Å²) in [5.74, 6) is -3.76. The van der Waals surface area contributed by atoms with Crippen LogP contribution < -0.4 is 5.32 Å². The normalized spacial score (nSPS) is 12.8. The molecule has 0 bridgehead atoms. The molecule has 0 saturated heterocycles. The van der Waals surface area contributed by atoms with Crippen molar-refractivity contribution in [3.8, 4) is 0 Å². The highest BCUT2D eigenvalue weighted by Crippen LogP contribution is 2.24. The fourth-order valence-electron chi connectivity index (χ4n) is 3.86. The van der Waals surface area contributed by atoms with Crippen LogP contribution in [-0.2, 0) is 16.0 Å². The van der Waals surface area contributed by atoms with E-state index >= 15 is 0 Å². The van der Waals surface area contributed by atoms with Crippen molar-refractivity contribution in [3.63, 3.8) is 0 Å². The first-order valence-corrected chi connectivity index (χ1v) is 10.7. The Hall–Kier alpha value is -3.90. The maximum absolute atomic E-state index is 13.5. The number of carboxylic acids is 1. The molecule has 1 aromatic heterocycles. The van der Waals surface area contributed by atoms with Crippen molar-refractivity contribution in [3.05, 3.63) is 107 Å². The Balaban J connectivity index is 1.69. The van der Waals surface area contributed by atoms with Crippen molar-refractivity contribution >= 4 is 40.2 Å². The molecule has 4 aromatic rings. The number of carboxylic acid groups (broad SMARTS) is 1. The predicted molar refractivity (Wildman–Crippen MR) is 127 cm³/mol. The number of benzene rings is 3. The van der Waals surface area contributed by atoms with Crippen LogP contribution in [0, 0.1) is 0 Å². The van der Waals surface area contributed by atoms with Crippen molar-refractivity contribution in [1.29, 1.82) is 0 Å².